The summed E-state index contributed by atoms with van der Waals surface area (Å²) in [5.74, 6) is 0. The fourth-order valence-electron chi connectivity index (χ4n) is 0. The van der Waals surface area contributed by atoms with Crippen LogP contribution >= 0.6 is 0 Å². The molecule has 0 atom stereocenters. The Labute approximate surface area is 87.2 Å². The van der Waals surface area contributed by atoms with Gasteiger partial charge in [0.25, 0.3) is 0 Å². The fourth-order valence-corrected chi connectivity index (χ4v) is 0. The van der Waals surface area contributed by atoms with E-state index in [1.165, 1.54) is 0 Å². The van der Waals surface area contributed by atoms with Gasteiger partial charge in [0.2, 0.25) is 0 Å². The van der Waals surface area contributed by atoms with Crippen molar-refractivity contribution in [1.29, 1.82) is 0 Å². The molecule has 0 aliphatic carbocycles. The van der Waals surface area contributed by atoms with E-state index >= 15 is 0 Å². The third-order valence-electron chi connectivity index (χ3n) is 0. The van der Waals surface area contributed by atoms with E-state index in [1.807, 2.05) is 0 Å². The predicted molar refractivity (Wildman–Crippen MR) is 2.06 cm³/mol. The second-order valence-corrected chi connectivity index (χ2v) is 0. The molecule has 0 aliphatic heterocycles. The Morgan fingerprint density at radius 3 is 0.600 bits per heavy atom. The van der Waals surface area contributed by atoms with Crippen molar-refractivity contribution >= 4 is 0 Å². The zero-order valence-electron chi connectivity index (χ0n) is 2.06. The second kappa shape index (κ2) is 33.4. The molecule has 0 bridgehead atoms. The summed E-state index contributed by atoms with van der Waals surface area (Å²) < 4.78 is 0. The van der Waals surface area contributed by atoms with Gasteiger partial charge in [-0.2, -0.15) is 0 Å². The van der Waals surface area contributed by atoms with Gasteiger partial charge in [0.1, 0.15) is 0 Å². The summed E-state index contributed by atoms with van der Waals surface area (Å²) in [5.41, 5.74) is 0. The normalized spacial score (nSPS) is 0. The first kappa shape index (κ1) is 54.6. The molecule has 5 heavy (non-hydrogen) atoms. The van der Waals surface area contributed by atoms with E-state index in [0.29, 0.717) is 0 Å². The minimum absolute atomic E-state index is 0. The summed E-state index contributed by atoms with van der Waals surface area (Å²) in [6, 6.07) is 0. The first-order valence-electron chi connectivity index (χ1n) is 0. The Kier molecular flexibility index (Phi) is 364. The molecule has 0 saturated carbocycles. The van der Waals surface area contributed by atoms with Crippen LogP contribution in [0.5, 0.6) is 0 Å². The second-order valence-electron chi connectivity index (χ2n) is 0. The van der Waals surface area contributed by atoms with Crippen LogP contribution in [0.25, 0.3) is 0 Å². The zero-order chi connectivity index (χ0) is 0. The van der Waals surface area contributed by atoms with Gasteiger partial charge in [-0.1, -0.05) is 0 Å². The zero-order valence-corrected chi connectivity index (χ0v) is 7.34. The Bertz CT molecular complexity index is 6.85. The average Bonchev–Trinajstić information content (AvgIpc) is 0. The molecule has 0 aromatic rings. The van der Waals surface area contributed by atoms with E-state index in [9.17, 15) is 0 Å². The molecule has 0 rings (SSSR count). The summed E-state index contributed by atoms with van der Waals surface area (Å²) in [6.45, 7) is 0. The van der Waals surface area contributed by atoms with Crippen LogP contribution in [-0.2, 0) is 16.4 Å². The van der Waals surface area contributed by atoms with Crippen molar-refractivity contribution in [1.82, 2.24) is 0 Å². The summed E-state index contributed by atoms with van der Waals surface area (Å²) in [5, 5.41) is 0. The molecule has 5 heteroatoms. The predicted octanol–water partition coefficient (Wildman–Crippen LogP) is -0.356. The van der Waals surface area contributed by atoms with Crippen molar-refractivity contribution in [2.45, 2.75) is 0 Å². The van der Waals surface area contributed by atoms with E-state index in [1.54, 1.807) is 0 Å². The molecule has 0 aromatic carbocycles. The standard InChI is InChI=1S/La.Lu.3O/q2*+3;3*-2. The molecule has 0 unspecified atom stereocenters. The molecule has 0 fully saturated rings. The fraction of sp³-hybridized carbons (Fsp3) is 0. The van der Waals surface area contributed by atoms with Gasteiger partial charge in [-0.3, -0.25) is 0 Å². The monoisotopic (exact) mass is 362 g/mol. The van der Waals surface area contributed by atoms with Crippen molar-refractivity contribution < 1.29 is 88.9 Å². The minimum atomic E-state index is 0. The van der Waals surface area contributed by atoms with Gasteiger partial charge in [-0.05, 0) is 0 Å². The molecular weight excluding hydrogens is 362 g/mol. The maximum atomic E-state index is 0. The van der Waals surface area contributed by atoms with Crippen LogP contribution in [0.15, 0.2) is 0 Å². The van der Waals surface area contributed by atoms with Gasteiger partial charge >= 0.3 is 72.5 Å². The van der Waals surface area contributed by atoms with E-state index in [-0.39, 0.29) is 88.9 Å². The number of hydrogen-bond donors (Lipinski definition) is 0. The maximum absolute atomic E-state index is 0. The summed E-state index contributed by atoms with van der Waals surface area (Å²) in [7, 11) is 0. The van der Waals surface area contributed by atoms with Crippen molar-refractivity contribution in [2.24, 2.45) is 0 Å². The van der Waals surface area contributed by atoms with Gasteiger partial charge in [0, 0.05) is 0 Å². The molecule has 0 radical (unpaired) electrons. The van der Waals surface area contributed by atoms with Crippen LogP contribution in [0, 0.1) is 72.5 Å². The average molecular weight is 362 g/mol. The first-order valence-corrected chi connectivity index (χ1v) is 0. The van der Waals surface area contributed by atoms with Gasteiger partial charge < -0.3 is 16.4 Å². The Morgan fingerprint density at radius 1 is 0.600 bits per heavy atom. The Balaban J connectivity index is 0. The summed E-state index contributed by atoms with van der Waals surface area (Å²) in [6.07, 6.45) is 0. The molecular formula is LaLuO3. The molecule has 0 aliphatic rings. The molecule has 0 saturated heterocycles. The molecule has 0 amide bonds. The largest absolute Gasteiger partial charge is 3.00 e. The number of rotatable bonds is 0. The van der Waals surface area contributed by atoms with Crippen molar-refractivity contribution in [3.05, 3.63) is 0 Å². The Morgan fingerprint density at radius 2 is 0.600 bits per heavy atom. The molecule has 0 aromatic heterocycles. The third kappa shape index (κ3) is 22.0. The van der Waals surface area contributed by atoms with Crippen molar-refractivity contribution in [3.63, 3.8) is 0 Å². The maximum Gasteiger partial charge on any atom is 3.00 e. The summed E-state index contributed by atoms with van der Waals surface area (Å²) >= 11 is 0. The molecule has 3 nitrogen and oxygen atoms in total. The van der Waals surface area contributed by atoms with Crippen LogP contribution in [-0.4, -0.2) is 0 Å². The van der Waals surface area contributed by atoms with Crippen LogP contribution < -0.4 is 0 Å². The van der Waals surface area contributed by atoms with E-state index in [4.69, 9.17) is 0 Å². The summed E-state index contributed by atoms with van der Waals surface area (Å²) in [4.78, 5) is 0. The quantitative estimate of drug-likeness (QED) is 0.564. The topological polar surface area (TPSA) is 85.5 Å². The number of hydrogen-bond acceptors (Lipinski definition) is 0. The molecule has 0 N–H and O–H groups in total. The minimum Gasteiger partial charge on any atom is -2.00 e. The van der Waals surface area contributed by atoms with Gasteiger partial charge in [-0.15, -0.1) is 0 Å². The molecule has 0 heterocycles. The third-order valence-corrected chi connectivity index (χ3v) is 0. The van der Waals surface area contributed by atoms with Crippen LogP contribution in [0.1, 0.15) is 0 Å². The van der Waals surface area contributed by atoms with Crippen LogP contribution in [0.2, 0.25) is 0 Å². The first-order chi connectivity index (χ1) is 0. The van der Waals surface area contributed by atoms with E-state index in [0.717, 1.165) is 0 Å². The smallest absolute Gasteiger partial charge is 2.00 e. The van der Waals surface area contributed by atoms with E-state index in [2.05, 4.69) is 0 Å². The van der Waals surface area contributed by atoms with Crippen LogP contribution in [0.4, 0.5) is 0 Å². The van der Waals surface area contributed by atoms with E-state index < -0.39 is 0 Å². The molecule has 36 valence electrons. The van der Waals surface area contributed by atoms with Gasteiger partial charge in [0.15, 0.2) is 0 Å². The van der Waals surface area contributed by atoms with Crippen molar-refractivity contribution in [3.8, 4) is 0 Å². The van der Waals surface area contributed by atoms with Crippen LogP contribution in [0.3, 0.4) is 0 Å². The molecule has 0 spiro atoms. The van der Waals surface area contributed by atoms with Gasteiger partial charge in [0.05, 0.1) is 0 Å². The van der Waals surface area contributed by atoms with Gasteiger partial charge in [-0.25, -0.2) is 0 Å². The SMILES string of the molecule is [La+3].[Lu+3].[O-2].[O-2].[O-2]. The Hall–Kier alpha value is 2.31. The van der Waals surface area contributed by atoms with Crippen molar-refractivity contribution in [2.75, 3.05) is 0 Å².